The number of nitrogens with zero attached hydrogens (tertiary/aromatic N) is 3. The van der Waals surface area contributed by atoms with Crippen molar-refractivity contribution in [3.63, 3.8) is 0 Å². The lowest BCUT2D eigenvalue weighted by molar-refractivity contribution is 0.0527. The Balaban J connectivity index is 1.83. The van der Waals surface area contributed by atoms with Crippen LogP contribution in [0.2, 0.25) is 5.02 Å². The quantitative estimate of drug-likeness (QED) is 0.428. The van der Waals surface area contributed by atoms with E-state index in [1.165, 1.54) is 10.9 Å². The highest BCUT2D eigenvalue weighted by Crippen LogP contribution is 2.26. The van der Waals surface area contributed by atoms with Crippen LogP contribution in [0, 0.1) is 13.8 Å². The van der Waals surface area contributed by atoms with E-state index in [0.29, 0.717) is 16.4 Å². The molecule has 7 nitrogen and oxygen atoms in total. The maximum absolute atomic E-state index is 12.9. The molecule has 0 aliphatic heterocycles. The number of aromatic nitrogens is 3. The van der Waals surface area contributed by atoms with Crippen molar-refractivity contribution >= 4 is 40.2 Å². The normalized spacial score (nSPS) is 10.9. The number of carbonyl (C=O) groups is 2. The van der Waals surface area contributed by atoms with Gasteiger partial charge in [0.25, 0.3) is 5.91 Å². The van der Waals surface area contributed by atoms with E-state index >= 15 is 0 Å². The minimum absolute atomic E-state index is 0.137. The van der Waals surface area contributed by atoms with Crippen LogP contribution in [0.3, 0.4) is 0 Å². The van der Waals surface area contributed by atoms with Crippen LogP contribution in [-0.2, 0) is 4.74 Å². The number of halogens is 1. The van der Waals surface area contributed by atoms with Gasteiger partial charge in [0.1, 0.15) is 5.56 Å². The second-order valence-electron chi connectivity index (χ2n) is 7.27. The summed E-state index contributed by atoms with van der Waals surface area (Å²) in [7, 11) is 0. The Morgan fingerprint density at radius 1 is 1.09 bits per heavy atom. The van der Waals surface area contributed by atoms with Crippen LogP contribution >= 0.6 is 11.6 Å². The molecule has 1 amide bonds. The molecule has 0 atom stereocenters. The number of para-hydroxylation sites is 1. The number of hydrogen-bond acceptors (Lipinski definition) is 5. The average molecular weight is 449 g/mol. The van der Waals surface area contributed by atoms with Crippen molar-refractivity contribution in [1.82, 2.24) is 14.8 Å². The maximum Gasteiger partial charge on any atom is 0.343 e. The first-order chi connectivity index (χ1) is 15.4. The molecule has 32 heavy (non-hydrogen) atoms. The molecule has 4 rings (SSSR count). The third kappa shape index (κ3) is 4.07. The Labute approximate surface area is 190 Å². The van der Waals surface area contributed by atoms with Gasteiger partial charge >= 0.3 is 5.97 Å². The summed E-state index contributed by atoms with van der Waals surface area (Å²) in [6.45, 7) is 5.87. The molecule has 0 saturated heterocycles. The highest BCUT2D eigenvalue weighted by molar-refractivity contribution is 6.30. The fourth-order valence-electron chi connectivity index (χ4n) is 3.43. The summed E-state index contributed by atoms with van der Waals surface area (Å²) in [6.07, 6.45) is 1.37. The minimum Gasteiger partial charge on any atom is -0.462 e. The Morgan fingerprint density at radius 2 is 1.84 bits per heavy atom. The molecule has 1 N–H and O–H groups in total. The summed E-state index contributed by atoms with van der Waals surface area (Å²) < 4.78 is 6.60. The number of anilines is 1. The molecule has 2 aromatic carbocycles. The molecule has 0 bridgehead atoms. The summed E-state index contributed by atoms with van der Waals surface area (Å²) >= 11 is 5.93. The predicted molar refractivity (Wildman–Crippen MR) is 124 cm³/mol. The van der Waals surface area contributed by atoms with Gasteiger partial charge in [0.05, 0.1) is 18.3 Å². The van der Waals surface area contributed by atoms with Gasteiger partial charge in [-0.25, -0.2) is 9.78 Å². The first-order valence-electron chi connectivity index (χ1n) is 10.1. The van der Waals surface area contributed by atoms with E-state index in [4.69, 9.17) is 21.3 Å². The molecule has 0 aliphatic rings. The number of carbonyl (C=O) groups excluding carboxylic acids is 2. The van der Waals surface area contributed by atoms with Crippen LogP contribution in [0.5, 0.6) is 0 Å². The lowest BCUT2D eigenvalue weighted by Crippen LogP contribution is -2.18. The van der Waals surface area contributed by atoms with Gasteiger partial charge in [-0.3, -0.25) is 4.79 Å². The number of rotatable bonds is 5. The van der Waals surface area contributed by atoms with Crippen molar-refractivity contribution in [3.8, 4) is 5.82 Å². The number of esters is 1. The Hall–Kier alpha value is -3.71. The van der Waals surface area contributed by atoms with Crippen molar-refractivity contribution in [3.05, 3.63) is 82.0 Å². The lowest BCUT2D eigenvalue weighted by atomic mass is 10.1. The van der Waals surface area contributed by atoms with Crippen LogP contribution in [0.1, 0.15) is 38.8 Å². The zero-order chi connectivity index (χ0) is 22.8. The molecule has 2 aromatic heterocycles. The standard InChI is InChI=1S/C24H21ClN4O3/c1-4-32-24(31)19-13-26-29(22(19)28-23(30)16-8-10-17(25)11-9-16)20-12-15(3)18-7-5-6-14(2)21(18)27-20/h5-13H,4H2,1-3H3,(H,28,30). The Bertz CT molecular complexity index is 1330. The third-order valence-corrected chi connectivity index (χ3v) is 5.31. The van der Waals surface area contributed by atoms with Gasteiger partial charge in [0.2, 0.25) is 0 Å². The molecule has 2 heterocycles. The highest BCUT2D eigenvalue weighted by atomic mass is 35.5. The molecule has 0 aliphatic carbocycles. The fraction of sp³-hybridized carbons (Fsp3) is 0.167. The van der Waals surface area contributed by atoms with E-state index in [9.17, 15) is 9.59 Å². The van der Waals surface area contributed by atoms with E-state index in [0.717, 1.165) is 22.0 Å². The van der Waals surface area contributed by atoms with Gasteiger partial charge in [0, 0.05) is 16.0 Å². The largest absolute Gasteiger partial charge is 0.462 e. The lowest BCUT2D eigenvalue weighted by Gasteiger charge is -2.13. The fourth-order valence-corrected chi connectivity index (χ4v) is 3.56. The molecular weight excluding hydrogens is 428 g/mol. The van der Waals surface area contributed by atoms with Crippen LogP contribution in [0.15, 0.2) is 54.7 Å². The molecule has 162 valence electrons. The molecular formula is C24H21ClN4O3. The third-order valence-electron chi connectivity index (χ3n) is 5.05. The number of pyridine rings is 1. The number of fused-ring (bicyclic) bond motifs is 1. The smallest absolute Gasteiger partial charge is 0.343 e. The van der Waals surface area contributed by atoms with Gasteiger partial charge in [0.15, 0.2) is 11.6 Å². The number of nitrogens with one attached hydrogen (secondary N) is 1. The molecule has 0 saturated carbocycles. The van der Waals surface area contributed by atoms with E-state index in [-0.39, 0.29) is 18.0 Å². The predicted octanol–water partition coefficient (Wildman–Crippen LogP) is 5.12. The average Bonchev–Trinajstić information content (AvgIpc) is 3.18. The number of benzene rings is 2. The first-order valence-corrected chi connectivity index (χ1v) is 10.5. The van der Waals surface area contributed by atoms with Crippen LogP contribution in [0.4, 0.5) is 5.82 Å². The number of amides is 1. The van der Waals surface area contributed by atoms with Crippen molar-refractivity contribution in [2.45, 2.75) is 20.8 Å². The van der Waals surface area contributed by atoms with Crippen molar-refractivity contribution in [2.75, 3.05) is 11.9 Å². The molecule has 0 spiro atoms. The summed E-state index contributed by atoms with van der Waals surface area (Å²) in [5.41, 5.74) is 3.36. The molecule has 0 radical (unpaired) electrons. The number of hydrogen-bond donors (Lipinski definition) is 1. The molecule has 0 fully saturated rings. The van der Waals surface area contributed by atoms with E-state index < -0.39 is 11.9 Å². The van der Waals surface area contributed by atoms with Gasteiger partial charge in [-0.15, -0.1) is 0 Å². The summed E-state index contributed by atoms with van der Waals surface area (Å²) in [5.74, 6) is -0.337. The Morgan fingerprint density at radius 3 is 2.56 bits per heavy atom. The van der Waals surface area contributed by atoms with Crippen molar-refractivity contribution < 1.29 is 14.3 Å². The number of ether oxygens (including phenoxy) is 1. The second kappa shape index (κ2) is 8.80. The topological polar surface area (TPSA) is 86.1 Å². The number of aryl methyl sites for hydroxylation is 2. The van der Waals surface area contributed by atoms with Gasteiger partial charge in [-0.1, -0.05) is 29.8 Å². The van der Waals surface area contributed by atoms with E-state index in [2.05, 4.69) is 10.4 Å². The SMILES string of the molecule is CCOC(=O)c1cnn(-c2cc(C)c3cccc(C)c3n2)c1NC(=O)c1ccc(Cl)cc1. The zero-order valence-electron chi connectivity index (χ0n) is 17.8. The van der Waals surface area contributed by atoms with Crippen LogP contribution in [0.25, 0.3) is 16.7 Å². The van der Waals surface area contributed by atoms with Crippen LogP contribution in [-0.4, -0.2) is 33.2 Å². The van der Waals surface area contributed by atoms with Gasteiger partial charge in [-0.05, 0) is 62.2 Å². The van der Waals surface area contributed by atoms with Gasteiger partial charge in [-0.2, -0.15) is 9.78 Å². The zero-order valence-corrected chi connectivity index (χ0v) is 18.6. The maximum atomic E-state index is 12.9. The molecule has 0 unspecified atom stereocenters. The first kappa shape index (κ1) is 21.5. The van der Waals surface area contributed by atoms with Crippen molar-refractivity contribution in [2.24, 2.45) is 0 Å². The molecule has 4 aromatic rings. The highest BCUT2D eigenvalue weighted by Gasteiger charge is 2.23. The van der Waals surface area contributed by atoms with Crippen LogP contribution < -0.4 is 5.32 Å². The second-order valence-corrected chi connectivity index (χ2v) is 7.71. The monoisotopic (exact) mass is 448 g/mol. The van der Waals surface area contributed by atoms with E-state index in [1.54, 1.807) is 31.2 Å². The van der Waals surface area contributed by atoms with Gasteiger partial charge < -0.3 is 10.1 Å². The summed E-state index contributed by atoms with van der Waals surface area (Å²) in [4.78, 5) is 30.2. The summed E-state index contributed by atoms with van der Waals surface area (Å²) in [5, 5.41) is 8.68. The van der Waals surface area contributed by atoms with Crippen molar-refractivity contribution in [1.29, 1.82) is 0 Å². The molecule has 8 heteroatoms. The minimum atomic E-state index is -0.584. The Kier molecular flexibility index (Phi) is 5.92. The van der Waals surface area contributed by atoms with E-state index in [1.807, 2.05) is 38.1 Å². The summed E-state index contributed by atoms with van der Waals surface area (Å²) in [6, 6.07) is 14.3.